The van der Waals surface area contributed by atoms with Crippen molar-refractivity contribution in [3.8, 4) is 0 Å². The second-order valence-corrected chi connectivity index (χ2v) is 7.67. The third-order valence-corrected chi connectivity index (χ3v) is 4.71. The molecule has 0 aromatic rings. The average Bonchev–Trinajstić information content (AvgIpc) is 2.80. The van der Waals surface area contributed by atoms with Crippen LogP contribution < -0.4 is 0 Å². The van der Waals surface area contributed by atoms with E-state index in [9.17, 15) is 9.59 Å². The second kappa shape index (κ2) is 22.8. The van der Waals surface area contributed by atoms with Crippen LogP contribution in [0.25, 0.3) is 0 Å². The molecule has 0 aromatic carbocycles. The van der Waals surface area contributed by atoms with E-state index in [-0.39, 0.29) is 12.8 Å². The molecule has 0 rings (SSSR count). The number of carbonyl (C=O) groups is 2. The van der Waals surface area contributed by atoms with Gasteiger partial charge in [0, 0.05) is 12.8 Å². The Morgan fingerprint density at radius 2 is 0.594 bits per heavy atom. The summed E-state index contributed by atoms with van der Waals surface area (Å²) in [6.07, 6.45) is 5.82. The molecule has 0 aliphatic rings. The highest BCUT2D eigenvalue weighted by Crippen LogP contribution is 2.12. The van der Waals surface area contributed by atoms with Gasteiger partial charge in [0.2, 0.25) is 0 Å². The first-order valence-electron chi connectivity index (χ1n) is 10.4. The van der Waals surface area contributed by atoms with Gasteiger partial charge in [0.05, 0.1) is 63.7 Å². The van der Waals surface area contributed by atoms with Gasteiger partial charge in [-0.3, -0.25) is 9.59 Å². The van der Waals surface area contributed by atoms with E-state index in [0.717, 1.165) is 38.5 Å². The zero-order valence-corrected chi connectivity index (χ0v) is 18.6. The largest absolute Gasteiger partial charge is 0.481 e. The fourth-order valence-corrected chi connectivity index (χ4v) is 1.86. The van der Waals surface area contributed by atoms with Crippen molar-refractivity contribution in [1.29, 1.82) is 0 Å². The first-order valence-corrected chi connectivity index (χ1v) is 10.4. The predicted octanol–water partition coefficient (Wildman–Crippen LogP) is -1.84. The molecule has 0 bridgehead atoms. The highest BCUT2D eigenvalue weighted by atomic mass is 16.4. The van der Waals surface area contributed by atoms with E-state index in [0.29, 0.717) is 0 Å². The molecule has 194 valence electrons. The van der Waals surface area contributed by atoms with Gasteiger partial charge in [-0.25, -0.2) is 0 Å². The lowest BCUT2D eigenvalue weighted by Crippen LogP contribution is -2.37. The van der Waals surface area contributed by atoms with Gasteiger partial charge in [0.1, 0.15) is 0 Å². The van der Waals surface area contributed by atoms with E-state index in [4.69, 9.17) is 51.1 Å². The Morgan fingerprint density at radius 3 is 0.719 bits per heavy atom. The van der Waals surface area contributed by atoms with Gasteiger partial charge in [0.15, 0.2) is 0 Å². The normalized spacial score (nSPS) is 11.1. The van der Waals surface area contributed by atoms with Crippen LogP contribution in [-0.2, 0) is 9.59 Å². The van der Waals surface area contributed by atoms with E-state index >= 15 is 0 Å². The highest BCUT2D eigenvalue weighted by molar-refractivity contribution is 5.66. The van der Waals surface area contributed by atoms with Crippen molar-refractivity contribution in [2.24, 2.45) is 10.8 Å². The molecule has 0 heterocycles. The van der Waals surface area contributed by atoms with Crippen molar-refractivity contribution >= 4 is 11.9 Å². The molecule has 0 aromatic heterocycles. The lowest BCUT2D eigenvalue weighted by molar-refractivity contribution is -0.138. The maximum absolute atomic E-state index is 10.1. The first kappa shape index (κ1) is 35.2. The topological polar surface area (TPSA) is 236 Å². The van der Waals surface area contributed by atoms with E-state index < -0.39 is 75.6 Å². The average molecular weight is 475 g/mol. The quantitative estimate of drug-likeness (QED) is 0.105. The molecule has 32 heavy (non-hydrogen) atoms. The van der Waals surface area contributed by atoms with Crippen LogP contribution in [0.4, 0.5) is 0 Å². The van der Waals surface area contributed by atoms with Crippen LogP contribution in [0.3, 0.4) is 0 Å². The molecule has 0 saturated carbocycles. The molecule has 10 N–H and O–H groups in total. The van der Waals surface area contributed by atoms with E-state index in [1.807, 2.05) is 0 Å². The van der Waals surface area contributed by atoms with Crippen molar-refractivity contribution < 1.29 is 60.7 Å². The van der Waals surface area contributed by atoms with Crippen LogP contribution in [0.15, 0.2) is 0 Å². The SMILES string of the molecule is O=C(O)CCCCCCCCC(=O)O.OCC(CO)(CO)CO.OCC(CO)(CO)CO. The van der Waals surface area contributed by atoms with Gasteiger partial charge in [-0.2, -0.15) is 0 Å². The maximum atomic E-state index is 10.1. The van der Waals surface area contributed by atoms with Gasteiger partial charge in [-0.15, -0.1) is 0 Å². The fraction of sp³-hybridized carbons (Fsp3) is 0.900. The summed E-state index contributed by atoms with van der Waals surface area (Å²) in [6, 6.07) is 0. The second-order valence-electron chi connectivity index (χ2n) is 7.67. The molecule has 0 fully saturated rings. The lowest BCUT2D eigenvalue weighted by Gasteiger charge is -2.23. The number of hydrogen-bond acceptors (Lipinski definition) is 10. The minimum Gasteiger partial charge on any atom is -0.481 e. The molecule has 0 unspecified atom stereocenters. The standard InChI is InChI=1S/C10H18O4.2C5H12O4/c11-9(12)7-5-3-1-2-4-6-8-10(13)14;2*6-1-5(2-7,3-8)4-9/h1-8H2,(H,11,12)(H,13,14);2*6-9H,1-4H2. The number of aliphatic hydroxyl groups excluding tert-OH is 8. The summed E-state index contributed by atoms with van der Waals surface area (Å²) in [4.78, 5) is 20.3. The van der Waals surface area contributed by atoms with Crippen LogP contribution in [0.2, 0.25) is 0 Å². The van der Waals surface area contributed by atoms with E-state index in [2.05, 4.69) is 0 Å². The van der Waals surface area contributed by atoms with Crippen molar-refractivity contribution in [1.82, 2.24) is 0 Å². The monoisotopic (exact) mass is 474 g/mol. The Morgan fingerprint density at radius 1 is 0.406 bits per heavy atom. The Hall–Kier alpha value is -1.38. The molecule has 0 spiro atoms. The van der Waals surface area contributed by atoms with Crippen LogP contribution in [0.5, 0.6) is 0 Å². The third kappa shape index (κ3) is 19.3. The summed E-state index contributed by atoms with van der Waals surface area (Å²) >= 11 is 0. The molecule has 0 radical (unpaired) electrons. The molecule has 0 aliphatic carbocycles. The summed E-state index contributed by atoms with van der Waals surface area (Å²) in [7, 11) is 0. The molecule has 0 atom stereocenters. The summed E-state index contributed by atoms with van der Waals surface area (Å²) in [6.45, 7) is -3.25. The summed E-state index contributed by atoms with van der Waals surface area (Å²) < 4.78 is 0. The summed E-state index contributed by atoms with van der Waals surface area (Å²) in [5.41, 5.74) is -2.22. The van der Waals surface area contributed by atoms with Gasteiger partial charge in [-0.1, -0.05) is 25.7 Å². The van der Waals surface area contributed by atoms with Crippen molar-refractivity contribution in [2.75, 3.05) is 52.9 Å². The number of hydrogen-bond donors (Lipinski definition) is 10. The Balaban J connectivity index is -0.000000411. The number of carboxylic acid groups (broad SMARTS) is 2. The molecule has 0 saturated heterocycles. The zero-order valence-electron chi connectivity index (χ0n) is 18.6. The highest BCUT2D eigenvalue weighted by Gasteiger charge is 2.27. The fourth-order valence-electron chi connectivity index (χ4n) is 1.86. The maximum Gasteiger partial charge on any atom is 0.303 e. The molecule has 12 nitrogen and oxygen atoms in total. The predicted molar refractivity (Wildman–Crippen MR) is 114 cm³/mol. The van der Waals surface area contributed by atoms with Crippen LogP contribution in [0.1, 0.15) is 51.4 Å². The Bertz CT molecular complexity index is 361. The first-order chi connectivity index (χ1) is 15.1. The van der Waals surface area contributed by atoms with Gasteiger partial charge in [0.25, 0.3) is 0 Å². The van der Waals surface area contributed by atoms with Crippen LogP contribution >= 0.6 is 0 Å². The van der Waals surface area contributed by atoms with E-state index in [1.54, 1.807) is 0 Å². The van der Waals surface area contributed by atoms with E-state index in [1.165, 1.54) is 0 Å². The Kier molecular flexibility index (Phi) is 25.1. The lowest BCUT2D eigenvalue weighted by atomic mass is 9.93. The number of aliphatic carboxylic acids is 2. The van der Waals surface area contributed by atoms with Gasteiger partial charge < -0.3 is 51.1 Å². The minimum absolute atomic E-state index is 0.245. The third-order valence-electron chi connectivity index (χ3n) is 4.71. The molecular weight excluding hydrogens is 432 g/mol. The molecule has 0 aliphatic heterocycles. The minimum atomic E-state index is -1.11. The smallest absolute Gasteiger partial charge is 0.303 e. The number of unbranched alkanes of at least 4 members (excludes halogenated alkanes) is 5. The summed E-state index contributed by atoms with van der Waals surface area (Å²) in [5, 5.41) is 84.7. The molecule has 12 heteroatoms. The summed E-state index contributed by atoms with van der Waals surface area (Å²) in [5.74, 6) is -1.48. The number of rotatable bonds is 17. The number of aliphatic hydroxyl groups is 8. The van der Waals surface area contributed by atoms with Crippen molar-refractivity contribution in [3.05, 3.63) is 0 Å². The zero-order chi connectivity index (χ0) is 25.5. The molecular formula is C20H42O12. The Labute approximate surface area is 188 Å². The van der Waals surface area contributed by atoms with Crippen LogP contribution in [-0.4, -0.2) is 116 Å². The van der Waals surface area contributed by atoms with Gasteiger partial charge >= 0.3 is 11.9 Å². The van der Waals surface area contributed by atoms with Crippen molar-refractivity contribution in [3.63, 3.8) is 0 Å². The molecule has 0 amide bonds. The number of carboxylic acids is 2. The van der Waals surface area contributed by atoms with Crippen LogP contribution in [0, 0.1) is 10.8 Å². The van der Waals surface area contributed by atoms with Crippen molar-refractivity contribution in [2.45, 2.75) is 51.4 Å². The van der Waals surface area contributed by atoms with Gasteiger partial charge in [-0.05, 0) is 12.8 Å².